The number of likely N-dealkylation sites (N-methyl/N-ethyl adjacent to an activating group) is 1. The van der Waals surface area contributed by atoms with Crippen LogP contribution in [0.2, 0.25) is 0 Å². The first-order valence-corrected chi connectivity index (χ1v) is 10.4. The van der Waals surface area contributed by atoms with Crippen molar-refractivity contribution in [1.29, 1.82) is 0 Å². The standard InChI is InChI=1S/C23H32N2O5/c1-6-30-22(29)17-11-13-25(14-12-17)19(26)15-24(5)21(28)20(27)16-7-9-18(10-8-16)23(2,3)4/h7-10,17H,6,11-15H2,1-5H3. The van der Waals surface area contributed by atoms with Crippen LogP contribution in [0.15, 0.2) is 24.3 Å². The maximum Gasteiger partial charge on any atom is 0.309 e. The van der Waals surface area contributed by atoms with Gasteiger partial charge in [0.1, 0.15) is 0 Å². The number of hydrogen-bond donors (Lipinski definition) is 0. The molecule has 30 heavy (non-hydrogen) atoms. The number of benzene rings is 1. The molecule has 1 aromatic carbocycles. The van der Waals surface area contributed by atoms with Gasteiger partial charge in [-0.25, -0.2) is 0 Å². The highest BCUT2D eigenvalue weighted by Crippen LogP contribution is 2.22. The summed E-state index contributed by atoms with van der Waals surface area (Å²) in [5, 5.41) is 0. The van der Waals surface area contributed by atoms with Crippen molar-refractivity contribution in [1.82, 2.24) is 9.80 Å². The molecule has 0 radical (unpaired) electrons. The number of carbonyl (C=O) groups is 4. The lowest BCUT2D eigenvalue weighted by atomic mass is 9.86. The van der Waals surface area contributed by atoms with Crippen LogP contribution in [0.5, 0.6) is 0 Å². The highest BCUT2D eigenvalue weighted by atomic mass is 16.5. The average Bonchev–Trinajstić information content (AvgIpc) is 2.72. The van der Waals surface area contributed by atoms with E-state index in [-0.39, 0.29) is 29.8 Å². The van der Waals surface area contributed by atoms with E-state index in [0.29, 0.717) is 38.1 Å². The second-order valence-corrected chi connectivity index (χ2v) is 8.72. The third-order valence-electron chi connectivity index (χ3n) is 5.39. The predicted molar refractivity (Wildman–Crippen MR) is 113 cm³/mol. The van der Waals surface area contributed by atoms with Crippen LogP contribution in [-0.2, 0) is 24.5 Å². The highest BCUT2D eigenvalue weighted by Gasteiger charge is 2.30. The van der Waals surface area contributed by atoms with Crippen LogP contribution in [0.1, 0.15) is 56.5 Å². The fraction of sp³-hybridized carbons (Fsp3) is 0.565. The topological polar surface area (TPSA) is 84.0 Å². The number of esters is 1. The van der Waals surface area contributed by atoms with E-state index in [2.05, 4.69) is 20.8 Å². The van der Waals surface area contributed by atoms with E-state index < -0.39 is 11.7 Å². The summed E-state index contributed by atoms with van der Waals surface area (Å²) >= 11 is 0. The average molecular weight is 417 g/mol. The normalized spacial score (nSPS) is 14.9. The van der Waals surface area contributed by atoms with Gasteiger partial charge in [0.2, 0.25) is 11.7 Å². The first kappa shape index (κ1) is 23.6. The molecule has 7 nitrogen and oxygen atoms in total. The zero-order valence-corrected chi connectivity index (χ0v) is 18.6. The summed E-state index contributed by atoms with van der Waals surface area (Å²) in [5.41, 5.74) is 1.33. The minimum Gasteiger partial charge on any atom is -0.466 e. The molecule has 2 rings (SSSR count). The minimum atomic E-state index is -0.715. The Bertz CT molecular complexity index is 787. The molecule has 1 fully saturated rings. The number of hydrogen-bond acceptors (Lipinski definition) is 5. The van der Waals surface area contributed by atoms with Crippen molar-refractivity contribution in [3.05, 3.63) is 35.4 Å². The molecule has 164 valence electrons. The second-order valence-electron chi connectivity index (χ2n) is 8.72. The lowest BCUT2D eigenvalue weighted by Gasteiger charge is -2.32. The van der Waals surface area contributed by atoms with Crippen molar-refractivity contribution in [3.63, 3.8) is 0 Å². The Morgan fingerprint density at radius 3 is 2.13 bits per heavy atom. The number of nitrogens with zero attached hydrogens (tertiary/aromatic N) is 2. The Morgan fingerprint density at radius 2 is 1.63 bits per heavy atom. The van der Waals surface area contributed by atoms with E-state index in [4.69, 9.17) is 4.74 Å². The number of likely N-dealkylation sites (tertiary alicyclic amines) is 1. The molecule has 0 unspecified atom stereocenters. The summed E-state index contributed by atoms with van der Waals surface area (Å²) in [6.45, 7) is 9.03. The summed E-state index contributed by atoms with van der Waals surface area (Å²) in [4.78, 5) is 52.1. The van der Waals surface area contributed by atoms with E-state index in [0.717, 1.165) is 10.5 Å². The van der Waals surface area contributed by atoms with Crippen molar-refractivity contribution in [2.24, 2.45) is 5.92 Å². The molecule has 1 aliphatic heterocycles. The Balaban J connectivity index is 1.90. The molecule has 0 spiro atoms. The third-order valence-corrected chi connectivity index (χ3v) is 5.39. The number of amides is 2. The van der Waals surface area contributed by atoms with E-state index in [1.807, 2.05) is 12.1 Å². The second kappa shape index (κ2) is 9.87. The summed E-state index contributed by atoms with van der Waals surface area (Å²) in [6, 6.07) is 6.99. The zero-order valence-electron chi connectivity index (χ0n) is 18.6. The Labute approximate surface area is 178 Å². The van der Waals surface area contributed by atoms with E-state index in [9.17, 15) is 19.2 Å². The molecule has 0 N–H and O–H groups in total. The fourth-order valence-electron chi connectivity index (χ4n) is 3.42. The van der Waals surface area contributed by atoms with Crippen LogP contribution < -0.4 is 0 Å². The molecule has 1 saturated heterocycles. The van der Waals surface area contributed by atoms with Crippen LogP contribution in [0.4, 0.5) is 0 Å². The number of carbonyl (C=O) groups excluding carboxylic acids is 4. The molecule has 0 bridgehead atoms. The lowest BCUT2D eigenvalue weighted by Crippen LogP contribution is -2.46. The van der Waals surface area contributed by atoms with Crippen LogP contribution >= 0.6 is 0 Å². The first-order valence-electron chi connectivity index (χ1n) is 10.4. The van der Waals surface area contributed by atoms with Gasteiger partial charge in [0.15, 0.2) is 0 Å². The SMILES string of the molecule is CCOC(=O)C1CCN(C(=O)CN(C)C(=O)C(=O)c2ccc(C(C)(C)C)cc2)CC1. The molecule has 0 aromatic heterocycles. The third kappa shape index (κ3) is 5.90. The maximum absolute atomic E-state index is 12.5. The molecule has 1 heterocycles. The highest BCUT2D eigenvalue weighted by molar-refractivity contribution is 6.42. The van der Waals surface area contributed by atoms with Crippen molar-refractivity contribution in [2.75, 3.05) is 33.3 Å². The molecule has 1 aromatic rings. The van der Waals surface area contributed by atoms with Crippen LogP contribution in [-0.4, -0.2) is 66.7 Å². The van der Waals surface area contributed by atoms with Crippen LogP contribution in [0.3, 0.4) is 0 Å². The smallest absolute Gasteiger partial charge is 0.309 e. The quantitative estimate of drug-likeness (QED) is 0.404. The Kier molecular flexibility index (Phi) is 7.76. The van der Waals surface area contributed by atoms with Gasteiger partial charge in [-0.3, -0.25) is 19.2 Å². The molecular formula is C23H32N2O5. The summed E-state index contributed by atoms with van der Waals surface area (Å²) in [7, 11) is 1.45. The molecule has 0 aliphatic carbocycles. The van der Waals surface area contributed by atoms with E-state index >= 15 is 0 Å². The van der Waals surface area contributed by atoms with Crippen LogP contribution in [0.25, 0.3) is 0 Å². The van der Waals surface area contributed by atoms with Gasteiger partial charge in [-0.15, -0.1) is 0 Å². The molecule has 0 atom stereocenters. The van der Waals surface area contributed by atoms with Crippen molar-refractivity contribution in [2.45, 2.75) is 46.0 Å². The lowest BCUT2D eigenvalue weighted by molar-refractivity contribution is -0.151. The predicted octanol–water partition coefficient (Wildman–Crippen LogP) is 2.43. The number of Topliss-reactive ketones (excluding diaryl/α,β-unsaturated/α-hetero) is 1. The molecule has 1 aliphatic rings. The first-order chi connectivity index (χ1) is 14.0. The largest absolute Gasteiger partial charge is 0.466 e. The monoisotopic (exact) mass is 416 g/mol. The number of piperidine rings is 1. The van der Waals surface area contributed by atoms with Gasteiger partial charge in [-0.2, -0.15) is 0 Å². The van der Waals surface area contributed by atoms with Crippen LogP contribution in [0, 0.1) is 5.92 Å². The minimum absolute atomic E-state index is 0.0461. The molecule has 7 heteroatoms. The van der Waals surface area contributed by atoms with Gasteiger partial charge >= 0.3 is 5.97 Å². The van der Waals surface area contributed by atoms with Gasteiger partial charge in [-0.05, 0) is 30.7 Å². The van der Waals surface area contributed by atoms with E-state index in [1.165, 1.54) is 7.05 Å². The summed E-state index contributed by atoms with van der Waals surface area (Å²) in [6.07, 6.45) is 1.09. The number of ketones is 1. The van der Waals surface area contributed by atoms with Gasteiger partial charge in [0.25, 0.3) is 5.91 Å². The van der Waals surface area contributed by atoms with Gasteiger partial charge in [0, 0.05) is 25.7 Å². The number of ether oxygens (including phenoxy) is 1. The molecule has 2 amide bonds. The molecular weight excluding hydrogens is 384 g/mol. The van der Waals surface area contributed by atoms with Gasteiger partial charge in [0.05, 0.1) is 19.1 Å². The molecule has 0 saturated carbocycles. The van der Waals surface area contributed by atoms with E-state index in [1.54, 1.807) is 24.0 Å². The summed E-state index contributed by atoms with van der Waals surface area (Å²) < 4.78 is 5.03. The summed E-state index contributed by atoms with van der Waals surface area (Å²) in [5.74, 6) is -1.99. The van der Waals surface area contributed by atoms with Gasteiger partial charge in [-0.1, -0.05) is 45.0 Å². The maximum atomic E-state index is 12.5. The Hall–Kier alpha value is -2.70. The fourth-order valence-corrected chi connectivity index (χ4v) is 3.42. The van der Waals surface area contributed by atoms with Gasteiger partial charge < -0.3 is 14.5 Å². The van der Waals surface area contributed by atoms with Crippen molar-refractivity contribution >= 4 is 23.6 Å². The Morgan fingerprint density at radius 1 is 1.07 bits per heavy atom. The van der Waals surface area contributed by atoms with Crippen molar-refractivity contribution in [3.8, 4) is 0 Å². The zero-order chi connectivity index (χ0) is 22.5. The van der Waals surface area contributed by atoms with Crippen molar-refractivity contribution < 1.29 is 23.9 Å². The number of rotatable bonds is 6.